The number of piperidine rings is 1. The lowest BCUT2D eigenvalue weighted by atomic mass is 9.99. The van der Waals surface area contributed by atoms with Gasteiger partial charge < -0.3 is 35.9 Å². The van der Waals surface area contributed by atoms with Crippen LogP contribution in [-0.2, 0) is 16.0 Å². The Morgan fingerprint density at radius 1 is 1.00 bits per heavy atom. The molecule has 11 heteroatoms. The van der Waals surface area contributed by atoms with Crippen LogP contribution in [0.2, 0.25) is 0 Å². The number of anilines is 2. The van der Waals surface area contributed by atoms with Gasteiger partial charge in [0.05, 0.1) is 19.2 Å². The van der Waals surface area contributed by atoms with Gasteiger partial charge in [-0.1, -0.05) is 12.1 Å². The van der Waals surface area contributed by atoms with E-state index in [1.54, 1.807) is 43.6 Å². The van der Waals surface area contributed by atoms with E-state index in [0.717, 1.165) is 42.5 Å². The van der Waals surface area contributed by atoms with E-state index in [1.165, 1.54) is 12.1 Å². The van der Waals surface area contributed by atoms with E-state index >= 15 is 4.39 Å². The molecule has 1 fully saturated rings. The Hall–Kier alpha value is -4.90. The van der Waals surface area contributed by atoms with Gasteiger partial charge in [-0.2, -0.15) is 0 Å². The fourth-order valence-corrected chi connectivity index (χ4v) is 5.01. The summed E-state index contributed by atoms with van der Waals surface area (Å²) in [6.07, 6.45) is 4.06. The molecule has 3 aromatic carbocycles. The van der Waals surface area contributed by atoms with Gasteiger partial charge in [-0.15, -0.1) is 0 Å². The van der Waals surface area contributed by atoms with E-state index in [0.29, 0.717) is 52.8 Å². The number of aromatic nitrogens is 1. The van der Waals surface area contributed by atoms with Gasteiger partial charge in [0.25, 0.3) is 0 Å². The summed E-state index contributed by atoms with van der Waals surface area (Å²) in [6.45, 7) is 2.63. The predicted octanol–water partition coefficient (Wildman–Crippen LogP) is 4.20. The number of hydrogen-bond acceptors (Lipinski definition) is 8. The first-order chi connectivity index (χ1) is 20.8. The highest BCUT2D eigenvalue weighted by Crippen LogP contribution is 2.38. The summed E-state index contributed by atoms with van der Waals surface area (Å²) in [5, 5.41) is 3.95. The number of nitrogens with one attached hydrogen (secondary N) is 1. The van der Waals surface area contributed by atoms with Crippen molar-refractivity contribution in [2.45, 2.75) is 19.3 Å². The number of nitrogens with zero attached hydrogens (tertiary/aromatic N) is 2. The summed E-state index contributed by atoms with van der Waals surface area (Å²) < 4.78 is 33.1. The molecule has 1 aromatic heterocycles. The van der Waals surface area contributed by atoms with Gasteiger partial charge in [-0.05, 0) is 80.2 Å². The number of hydrogen-bond donors (Lipinski definition) is 3. The molecule has 0 saturated carbocycles. The molecule has 4 aromatic rings. The van der Waals surface area contributed by atoms with Crippen LogP contribution < -0.4 is 35.9 Å². The third-order valence-electron chi connectivity index (χ3n) is 7.43. The molecule has 5 rings (SSSR count). The van der Waals surface area contributed by atoms with Crippen molar-refractivity contribution in [3.05, 3.63) is 78.2 Å². The van der Waals surface area contributed by atoms with Crippen molar-refractivity contribution < 1.29 is 28.2 Å². The van der Waals surface area contributed by atoms with Crippen molar-refractivity contribution in [1.29, 1.82) is 0 Å². The highest BCUT2D eigenvalue weighted by atomic mass is 19.1. The molecule has 0 radical (unpaired) electrons. The van der Waals surface area contributed by atoms with Crippen molar-refractivity contribution in [2.75, 3.05) is 44.0 Å². The van der Waals surface area contributed by atoms with Crippen molar-refractivity contribution in [3.8, 4) is 23.0 Å². The van der Waals surface area contributed by atoms with Gasteiger partial charge in [0.15, 0.2) is 23.1 Å². The van der Waals surface area contributed by atoms with Gasteiger partial charge in [-0.3, -0.25) is 14.6 Å². The molecule has 0 bridgehead atoms. The molecule has 1 saturated heterocycles. The molecule has 1 aliphatic heterocycles. The molecule has 2 amide bonds. The highest BCUT2D eigenvalue weighted by Gasteiger charge is 2.23. The normalized spacial score (nSPS) is 13.4. The Morgan fingerprint density at radius 3 is 2.47 bits per heavy atom. The maximum absolute atomic E-state index is 15.4. The number of benzene rings is 3. The maximum atomic E-state index is 15.4. The number of carbonyl (C=O) groups excluding carboxylic acids is 2. The standard InChI is InChI=1S/C32H34FN5O5/c1-41-29-17-24-26(18-30(29)42-19-21-8-12-36-13-9-21)37-14-10-27(24)43-28-7-6-23(16-25(28)33)38(32(40)31(35)39)15-11-20-2-4-22(34)5-3-20/h2-7,10,14,16-18,21,36H,8-9,11-13,15,19,34H2,1H3,(H2,35,39). The second-order valence-electron chi connectivity index (χ2n) is 10.4. The Kier molecular flexibility index (Phi) is 9.21. The number of nitrogens with two attached hydrogens (primary N) is 2. The summed E-state index contributed by atoms with van der Waals surface area (Å²) in [5.41, 5.74) is 13.3. The van der Waals surface area contributed by atoms with Crippen LogP contribution in [-0.4, -0.2) is 50.1 Å². The molecule has 5 N–H and O–H groups in total. The molecule has 224 valence electrons. The zero-order valence-corrected chi connectivity index (χ0v) is 23.8. The Labute approximate surface area is 248 Å². The van der Waals surface area contributed by atoms with Crippen LogP contribution >= 0.6 is 0 Å². The van der Waals surface area contributed by atoms with Crippen LogP contribution in [0.4, 0.5) is 15.8 Å². The van der Waals surface area contributed by atoms with Crippen LogP contribution in [0, 0.1) is 11.7 Å². The SMILES string of the molecule is COc1cc2c(Oc3ccc(N(CCc4ccc(N)cc4)C(=O)C(N)=O)cc3F)ccnc2cc1OCC1CCNCC1. The van der Waals surface area contributed by atoms with Crippen molar-refractivity contribution in [2.24, 2.45) is 11.7 Å². The molecule has 0 atom stereocenters. The number of fused-ring (bicyclic) bond motifs is 1. The lowest BCUT2D eigenvalue weighted by Gasteiger charge is -2.23. The summed E-state index contributed by atoms with van der Waals surface area (Å²) in [5.74, 6) is -1.00. The van der Waals surface area contributed by atoms with Crippen molar-refractivity contribution in [3.63, 3.8) is 0 Å². The lowest BCUT2D eigenvalue weighted by Crippen LogP contribution is -2.41. The number of amides is 2. The Balaban J connectivity index is 1.36. The third kappa shape index (κ3) is 7.12. The molecule has 0 aliphatic carbocycles. The Bertz CT molecular complexity index is 1610. The minimum absolute atomic E-state index is 0.0774. The fraction of sp³-hybridized carbons (Fsp3) is 0.281. The van der Waals surface area contributed by atoms with Gasteiger partial charge >= 0.3 is 11.8 Å². The van der Waals surface area contributed by atoms with Gasteiger partial charge in [0.1, 0.15) is 5.75 Å². The first-order valence-electron chi connectivity index (χ1n) is 14.1. The maximum Gasteiger partial charge on any atom is 0.316 e. The number of ether oxygens (including phenoxy) is 3. The highest BCUT2D eigenvalue weighted by molar-refractivity contribution is 6.39. The predicted molar refractivity (Wildman–Crippen MR) is 162 cm³/mol. The number of halogens is 1. The van der Waals surface area contributed by atoms with Crippen LogP contribution in [0.5, 0.6) is 23.0 Å². The number of primary amides is 1. The van der Waals surface area contributed by atoms with Crippen molar-refractivity contribution in [1.82, 2.24) is 10.3 Å². The largest absolute Gasteiger partial charge is 0.493 e. The molecule has 0 unspecified atom stereocenters. The average Bonchev–Trinajstić information content (AvgIpc) is 3.02. The number of methoxy groups -OCH3 is 1. The summed E-state index contributed by atoms with van der Waals surface area (Å²) in [7, 11) is 1.56. The number of carbonyl (C=O) groups is 2. The van der Waals surface area contributed by atoms with E-state index in [9.17, 15) is 9.59 Å². The van der Waals surface area contributed by atoms with Gasteiger partial charge in [0, 0.05) is 41.6 Å². The minimum atomic E-state index is -1.14. The Morgan fingerprint density at radius 2 is 1.77 bits per heavy atom. The second kappa shape index (κ2) is 13.4. The molecule has 0 spiro atoms. The summed E-state index contributed by atoms with van der Waals surface area (Å²) >= 11 is 0. The average molecular weight is 588 g/mol. The number of nitrogen functional groups attached to an aromatic ring is 1. The molecule has 1 aliphatic rings. The van der Waals surface area contributed by atoms with Gasteiger partial charge in [0.2, 0.25) is 0 Å². The third-order valence-corrected chi connectivity index (χ3v) is 7.43. The van der Waals surface area contributed by atoms with Crippen LogP contribution in [0.1, 0.15) is 18.4 Å². The van der Waals surface area contributed by atoms with E-state index < -0.39 is 17.6 Å². The topological polar surface area (TPSA) is 142 Å². The summed E-state index contributed by atoms with van der Waals surface area (Å²) in [6, 6.07) is 16.3. The van der Waals surface area contributed by atoms with Crippen LogP contribution in [0.25, 0.3) is 10.9 Å². The first kappa shape index (κ1) is 29.6. The smallest absolute Gasteiger partial charge is 0.316 e. The lowest BCUT2D eigenvalue weighted by molar-refractivity contribution is -0.135. The molecule has 43 heavy (non-hydrogen) atoms. The molecule has 2 heterocycles. The van der Waals surface area contributed by atoms with E-state index in [4.69, 9.17) is 25.7 Å². The molecular weight excluding hydrogens is 553 g/mol. The number of pyridine rings is 1. The second-order valence-corrected chi connectivity index (χ2v) is 10.4. The fourth-order valence-electron chi connectivity index (χ4n) is 5.01. The molecule has 10 nitrogen and oxygen atoms in total. The first-order valence-corrected chi connectivity index (χ1v) is 14.1. The minimum Gasteiger partial charge on any atom is -0.493 e. The van der Waals surface area contributed by atoms with Crippen LogP contribution in [0.3, 0.4) is 0 Å². The van der Waals surface area contributed by atoms with E-state index in [1.807, 2.05) is 12.1 Å². The van der Waals surface area contributed by atoms with Crippen molar-refractivity contribution >= 4 is 34.1 Å². The number of rotatable bonds is 10. The molecular formula is C32H34FN5O5. The quantitative estimate of drug-likeness (QED) is 0.185. The van der Waals surface area contributed by atoms with Gasteiger partial charge in [-0.25, -0.2) is 4.39 Å². The summed E-state index contributed by atoms with van der Waals surface area (Å²) in [4.78, 5) is 30.0. The van der Waals surface area contributed by atoms with Crippen LogP contribution in [0.15, 0.2) is 66.9 Å². The van der Waals surface area contributed by atoms with E-state index in [-0.39, 0.29) is 18.0 Å². The zero-order valence-electron chi connectivity index (χ0n) is 23.8. The monoisotopic (exact) mass is 587 g/mol. The van der Waals surface area contributed by atoms with E-state index in [2.05, 4.69) is 10.3 Å². The zero-order chi connectivity index (χ0) is 30.3.